The van der Waals surface area contributed by atoms with E-state index in [0.717, 1.165) is 24.2 Å². The van der Waals surface area contributed by atoms with Gasteiger partial charge in [-0.05, 0) is 51.8 Å². The van der Waals surface area contributed by atoms with Crippen molar-refractivity contribution >= 4 is 17.8 Å². The Labute approximate surface area is 146 Å². The molecule has 0 saturated heterocycles. The van der Waals surface area contributed by atoms with Gasteiger partial charge in [-0.25, -0.2) is 15.1 Å². The summed E-state index contributed by atoms with van der Waals surface area (Å²) in [6.07, 6.45) is 1.44. The molecule has 1 aromatic rings. The highest BCUT2D eigenvalue weighted by Gasteiger charge is 2.66. The molecule has 1 atom stereocenters. The number of fused-ring (bicyclic) bond motifs is 3. The van der Waals surface area contributed by atoms with E-state index in [4.69, 9.17) is 24.9 Å². The number of nitrogen functional groups attached to an aromatic ring is 1. The highest BCUT2D eigenvalue weighted by molar-refractivity contribution is 5.92. The van der Waals surface area contributed by atoms with Gasteiger partial charge in [-0.2, -0.15) is 0 Å². The first kappa shape index (κ1) is 16.1. The Morgan fingerprint density at radius 2 is 2.04 bits per heavy atom. The summed E-state index contributed by atoms with van der Waals surface area (Å²) in [5.41, 5.74) is 6.33. The van der Waals surface area contributed by atoms with Crippen molar-refractivity contribution in [2.75, 3.05) is 18.9 Å². The van der Waals surface area contributed by atoms with Crippen LogP contribution in [-0.4, -0.2) is 30.9 Å². The van der Waals surface area contributed by atoms with Crippen LogP contribution in [0.1, 0.15) is 39.2 Å². The molecule has 7 heteroatoms. The van der Waals surface area contributed by atoms with E-state index in [1.54, 1.807) is 0 Å². The average Bonchev–Trinajstić information content (AvgIpc) is 3.17. The van der Waals surface area contributed by atoms with Gasteiger partial charge < -0.3 is 19.9 Å². The molecule has 2 spiro atoms. The maximum absolute atomic E-state index is 12.0. The van der Waals surface area contributed by atoms with Crippen LogP contribution in [-0.2, 0) is 15.0 Å². The molecule has 25 heavy (non-hydrogen) atoms. The topological polar surface area (TPSA) is 95.2 Å². The first-order chi connectivity index (χ1) is 11.7. The zero-order valence-corrected chi connectivity index (χ0v) is 14.7. The average molecular weight is 345 g/mol. The van der Waals surface area contributed by atoms with E-state index in [1.807, 2.05) is 39.0 Å². The second-order valence-corrected chi connectivity index (χ2v) is 8.02. The van der Waals surface area contributed by atoms with Crippen molar-refractivity contribution in [3.05, 3.63) is 23.8 Å². The summed E-state index contributed by atoms with van der Waals surface area (Å²) >= 11 is 0. The van der Waals surface area contributed by atoms with E-state index in [1.165, 1.54) is 0 Å². The Balaban J connectivity index is 1.67. The Morgan fingerprint density at radius 1 is 1.28 bits per heavy atom. The largest absolute Gasteiger partial charge is 0.493 e. The van der Waals surface area contributed by atoms with E-state index in [2.05, 4.69) is 5.32 Å². The number of hydrogen-bond donors (Lipinski definition) is 2. The maximum Gasteiger partial charge on any atom is 0.415 e. The fraction of sp³-hybridized carbons (Fsp3) is 0.556. The van der Waals surface area contributed by atoms with Crippen LogP contribution in [0.3, 0.4) is 0 Å². The van der Waals surface area contributed by atoms with Gasteiger partial charge in [0.05, 0.1) is 6.61 Å². The smallest absolute Gasteiger partial charge is 0.415 e. The van der Waals surface area contributed by atoms with Crippen molar-refractivity contribution in [3.63, 3.8) is 0 Å². The molecule has 7 nitrogen and oxygen atoms in total. The van der Waals surface area contributed by atoms with Crippen LogP contribution >= 0.6 is 0 Å². The molecule has 1 aromatic carbocycles. The molecule has 0 bridgehead atoms. The van der Waals surface area contributed by atoms with Gasteiger partial charge in [0, 0.05) is 16.7 Å². The molecule has 3 aliphatic rings. The van der Waals surface area contributed by atoms with Crippen LogP contribution in [0.4, 0.5) is 10.5 Å². The van der Waals surface area contributed by atoms with Gasteiger partial charge in [-0.3, -0.25) is 0 Å². The third-order valence-electron chi connectivity index (χ3n) is 5.00. The highest BCUT2D eigenvalue weighted by atomic mass is 16.6. The SMILES string of the molecule is CC(C)(C)OC(=O)NC1=NC2(CO1)c1cc(N)ccc1OCC21CC1. The molecule has 3 N–H and O–H groups in total. The van der Waals surface area contributed by atoms with Gasteiger partial charge in [0.25, 0.3) is 6.02 Å². The molecule has 0 radical (unpaired) electrons. The summed E-state index contributed by atoms with van der Waals surface area (Å²) in [5, 5.41) is 2.61. The number of rotatable bonds is 0. The lowest BCUT2D eigenvalue weighted by molar-refractivity contribution is 0.0546. The number of ether oxygens (including phenoxy) is 3. The van der Waals surface area contributed by atoms with Crippen molar-refractivity contribution in [1.29, 1.82) is 0 Å². The number of hydrogen-bond acceptors (Lipinski definition) is 6. The summed E-state index contributed by atoms with van der Waals surface area (Å²) < 4.78 is 17.0. The predicted molar refractivity (Wildman–Crippen MR) is 92.5 cm³/mol. The van der Waals surface area contributed by atoms with Crippen LogP contribution < -0.4 is 15.8 Å². The molecule has 134 valence electrons. The number of nitrogens with two attached hydrogens (primary N) is 1. The number of anilines is 1. The molecule has 2 heterocycles. The number of aliphatic imine (C=N–C) groups is 1. The van der Waals surface area contributed by atoms with Gasteiger partial charge in [-0.1, -0.05) is 0 Å². The van der Waals surface area contributed by atoms with E-state index in [-0.39, 0.29) is 11.4 Å². The molecule has 1 unspecified atom stereocenters. The van der Waals surface area contributed by atoms with Gasteiger partial charge in [0.15, 0.2) is 0 Å². The Hall–Kier alpha value is -2.44. The Kier molecular flexibility index (Phi) is 3.23. The second kappa shape index (κ2) is 5.03. The third kappa shape index (κ3) is 2.58. The number of carbonyl (C=O) groups excluding carboxylic acids is 1. The molecule has 1 saturated carbocycles. The second-order valence-electron chi connectivity index (χ2n) is 8.02. The number of amidine groups is 1. The van der Waals surface area contributed by atoms with Crippen molar-refractivity contribution in [3.8, 4) is 5.75 Å². The number of benzene rings is 1. The fourth-order valence-electron chi connectivity index (χ4n) is 3.60. The number of carbonyl (C=O) groups is 1. The zero-order chi connectivity index (χ0) is 17.9. The third-order valence-corrected chi connectivity index (χ3v) is 5.00. The standard InChI is InChI=1S/C18H23N3O4/c1-16(2,3)25-15(22)20-14-21-18(10-24-14)12-8-11(19)4-5-13(12)23-9-17(18)6-7-17/h4-5,8H,6-7,9-10,19H2,1-3H3,(H,20,21,22). The van der Waals surface area contributed by atoms with Crippen LogP contribution in [0, 0.1) is 5.41 Å². The fourth-order valence-corrected chi connectivity index (χ4v) is 3.60. The van der Waals surface area contributed by atoms with Crippen molar-refractivity contribution < 1.29 is 19.0 Å². The van der Waals surface area contributed by atoms with Crippen molar-refractivity contribution in [2.45, 2.75) is 44.8 Å². The Morgan fingerprint density at radius 3 is 2.72 bits per heavy atom. The van der Waals surface area contributed by atoms with Crippen LogP contribution in [0.25, 0.3) is 0 Å². The summed E-state index contributed by atoms with van der Waals surface area (Å²) in [6.45, 7) is 6.38. The first-order valence-electron chi connectivity index (χ1n) is 8.49. The summed E-state index contributed by atoms with van der Waals surface area (Å²) in [5.74, 6) is 0.776. The van der Waals surface area contributed by atoms with Crippen LogP contribution in [0.2, 0.25) is 0 Å². The van der Waals surface area contributed by atoms with Gasteiger partial charge in [-0.15, -0.1) is 0 Å². The zero-order valence-electron chi connectivity index (χ0n) is 14.7. The molecule has 1 amide bonds. The lowest BCUT2D eigenvalue weighted by Gasteiger charge is -2.39. The monoisotopic (exact) mass is 345 g/mol. The number of nitrogens with one attached hydrogen (secondary N) is 1. The van der Waals surface area contributed by atoms with E-state index in [0.29, 0.717) is 18.9 Å². The summed E-state index contributed by atoms with van der Waals surface area (Å²) in [6, 6.07) is 5.78. The summed E-state index contributed by atoms with van der Waals surface area (Å²) in [4.78, 5) is 16.8. The predicted octanol–water partition coefficient (Wildman–Crippen LogP) is 2.55. The quantitative estimate of drug-likeness (QED) is 0.705. The van der Waals surface area contributed by atoms with Gasteiger partial charge in [0.1, 0.15) is 23.5 Å². The van der Waals surface area contributed by atoms with E-state index >= 15 is 0 Å². The van der Waals surface area contributed by atoms with Crippen LogP contribution in [0.15, 0.2) is 23.2 Å². The number of alkyl carbamates (subject to hydrolysis) is 1. The highest BCUT2D eigenvalue weighted by Crippen LogP contribution is 2.65. The minimum absolute atomic E-state index is 0.0921. The van der Waals surface area contributed by atoms with Gasteiger partial charge in [0.2, 0.25) is 0 Å². The molecule has 4 rings (SSSR count). The molecule has 0 aromatic heterocycles. The van der Waals surface area contributed by atoms with Crippen LogP contribution in [0.5, 0.6) is 5.75 Å². The molecule has 1 fully saturated rings. The first-order valence-corrected chi connectivity index (χ1v) is 8.49. The number of amides is 1. The summed E-state index contributed by atoms with van der Waals surface area (Å²) in [7, 11) is 0. The Bertz CT molecular complexity index is 764. The van der Waals surface area contributed by atoms with Gasteiger partial charge >= 0.3 is 6.09 Å². The minimum atomic E-state index is -0.585. The van der Waals surface area contributed by atoms with E-state index < -0.39 is 17.2 Å². The lowest BCUT2D eigenvalue weighted by atomic mass is 9.74. The molecular weight excluding hydrogens is 322 g/mol. The van der Waals surface area contributed by atoms with Crippen molar-refractivity contribution in [2.24, 2.45) is 10.4 Å². The van der Waals surface area contributed by atoms with Crippen molar-refractivity contribution in [1.82, 2.24) is 5.32 Å². The molecular formula is C18H23N3O4. The maximum atomic E-state index is 12.0. The minimum Gasteiger partial charge on any atom is -0.493 e. The molecule has 1 aliphatic carbocycles. The number of nitrogens with zero attached hydrogens (tertiary/aromatic N) is 1. The molecule has 2 aliphatic heterocycles. The lowest BCUT2D eigenvalue weighted by Crippen LogP contribution is -2.44. The normalized spacial score (nSPS) is 25.6. The van der Waals surface area contributed by atoms with E-state index in [9.17, 15) is 4.79 Å².